The molecule has 0 aliphatic carbocycles. The fourth-order valence-electron chi connectivity index (χ4n) is 4.18. The van der Waals surface area contributed by atoms with E-state index in [1.54, 1.807) is 19.0 Å². The summed E-state index contributed by atoms with van der Waals surface area (Å²) < 4.78 is 3.28. The summed E-state index contributed by atoms with van der Waals surface area (Å²) in [6, 6.07) is 12.5. The summed E-state index contributed by atoms with van der Waals surface area (Å²) in [6.07, 6.45) is 5.16. The van der Waals surface area contributed by atoms with Crippen LogP contribution in [0.1, 0.15) is 41.0 Å². The molecule has 5 nitrogen and oxygen atoms in total. The maximum Gasteiger partial charge on any atom is 0.253 e. The lowest BCUT2D eigenvalue weighted by molar-refractivity contribution is 0.0827. The van der Waals surface area contributed by atoms with Crippen LogP contribution in [0.15, 0.2) is 53.1 Å². The average molecular weight is 467 g/mol. The molecule has 0 saturated carbocycles. The number of hydrogen-bond acceptors (Lipinski definition) is 3. The standard InChI is InChI=1S/C24H27BrN4O/c1-16(22-15-20-21(25)9-12-26-23(20)28(22)4)29-13-10-18(11-14-29)17-5-7-19(8-6-17)24(30)27(2)3/h5-10,12,15-16H,11,13-14H2,1-4H3. The number of nitrogens with zero attached hydrogens (tertiary/aromatic N) is 4. The van der Waals surface area contributed by atoms with E-state index >= 15 is 0 Å². The molecule has 0 fully saturated rings. The molecule has 1 amide bonds. The Morgan fingerprint density at radius 2 is 1.93 bits per heavy atom. The molecule has 2 aromatic heterocycles. The Morgan fingerprint density at radius 3 is 2.53 bits per heavy atom. The van der Waals surface area contributed by atoms with E-state index in [0.717, 1.165) is 40.6 Å². The summed E-state index contributed by atoms with van der Waals surface area (Å²) in [5.41, 5.74) is 5.56. The van der Waals surface area contributed by atoms with Crippen LogP contribution in [-0.4, -0.2) is 52.4 Å². The predicted molar refractivity (Wildman–Crippen MR) is 125 cm³/mol. The summed E-state index contributed by atoms with van der Waals surface area (Å²) in [4.78, 5) is 20.7. The number of halogens is 1. The average Bonchev–Trinajstić information content (AvgIpc) is 3.11. The van der Waals surface area contributed by atoms with Crippen LogP contribution in [0.5, 0.6) is 0 Å². The number of fused-ring (bicyclic) bond motifs is 1. The highest BCUT2D eigenvalue weighted by molar-refractivity contribution is 9.10. The van der Waals surface area contributed by atoms with E-state index in [4.69, 9.17) is 0 Å². The Bertz CT molecular complexity index is 1110. The van der Waals surface area contributed by atoms with E-state index in [0.29, 0.717) is 6.04 Å². The van der Waals surface area contributed by atoms with Gasteiger partial charge in [0.1, 0.15) is 5.65 Å². The van der Waals surface area contributed by atoms with Gasteiger partial charge in [-0.1, -0.05) is 18.2 Å². The predicted octanol–water partition coefficient (Wildman–Crippen LogP) is 4.89. The van der Waals surface area contributed by atoms with Crippen molar-refractivity contribution < 1.29 is 4.79 Å². The van der Waals surface area contributed by atoms with Crippen LogP contribution < -0.4 is 0 Å². The first kappa shape index (κ1) is 20.8. The van der Waals surface area contributed by atoms with Crippen LogP contribution in [0.4, 0.5) is 0 Å². The van der Waals surface area contributed by atoms with Crippen molar-refractivity contribution in [1.29, 1.82) is 0 Å². The monoisotopic (exact) mass is 466 g/mol. The smallest absolute Gasteiger partial charge is 0.253 e. The van der Waals surface area contributed by atoms with E-state index in [-0.39, 0.29) is 5.91 Å². The van der Waals surface area contributed by atoms with Gasteiger partial charge < -0.3 is 9.47 Å². The number of carbonyl (C=O) groups excluding carboxylic acids is 1. The molecule has 1 aliphatic heterocycles. The maximum atomic E-state index is 12.1. The Labute approximate surface area is 186 Å². The fourth-order valence-corrected chi connectivity index (χ4v) is 4.59. The molecule has 3 aromatic rings. The minimum Gasteiger partial charge on any atom is -0.345 e. The number of carbonyl (C=O) groups is 1. The molecule has 1 aliphatic rings. The van der Waals surface area contributed by atoms with Gasteiger partial charge in [-0.25, -0.2) is 4.98 Å². The van der Waals surface area contributed by atoms with E-state index < -0.39 is 0 Å². The molecule has 156 valence electrons. The van der Waals surface area contributed by atoms with Crippen molar-refractivity contribution >= 4 is 38.4 Å². The van der Waals surface area contributed by atoms with Crippen LogP contribution in [0, 0.1) is 0 Å². The van der Waals surface area contributed by atoms with Gasteiger partial charge >= 0.3 is 0 Å². The van der Waals surface area contributed by atoms with Crippen molar-refractivity contribution in [3.63, 3.8) is 0 Å². The Morgan fingerprint density at radius 1 is 1.20 bits per heavy atom. The highest BCUT2D eigenvalue weighted by atomic mass is 79.9. The zero-order chi connectivity index (χ0) is 21.4. The van der Waals surface area contributed by atoms with Crippen molar-refractivity contribution in [1.82, 2.24) is 19.4 Å². The third-order valence-electron chi connectivity index (χ3n) is 6.04. The van der Waals surface area contributed by atoms with E-state index in [1.165, 1.54) is 16.8 Å². The van der Waals surface area contributed by atoms with Crippen LogP contribution >= 0.6 is 15.9 Å². The van der Waals surface area contributed by atoms with Gasteiger partial charge in [0.2, 0.25) is 0 Å². The van der Waals surface area contributed by atoms with Gasteiger partial charge in [-0.2, -0.15) is 0 Å². The van der Waals surface area contributed by atoms with Gasteiger partial charge in [-0.3, -0.25) is 9.69 Å². The topological polar surface area (TPSA) is 41.4 Å². The summed E-state index contributed by atoms with van der Waals surface area (Å²) in [6.45, 7) is 4.18. The highest BCUT2D eigenvalue weighted by Gasteiger charge is 2.23. The van der Waals surface area contributed by atoms with Gasteiger partial charge in [0.05, 0.1) is 0 Å². The first-order chi connectivity index (χ1) is 14.4. The Balaban J connectivity index is 1.50. The van der Waals surface area contributed by atoms with Crippen LogP contribution in [0.25, 0.3) is 16.6 Å². The molecule has 30 heavy (non-hydrogen) atoms. The largest absolute Gasteiger partial charge is 0.345 e. The molecule has 0 saturated heterocycles. The third kappa shape index (κ3) is 3.82. The number of aromatic nitrogens is 2. The second-order valence-corrected chi connectivity index (χ2v) is 8.94. The van der Waals surface area contributed by atoms with Gasteiger partial charge in [0.15, 0.2) is 0 Å². The Hall–Kier alpha value is -2.44. The minimum atomic E-state index is 0.0373. The third-order valence-corrected chi connectivity index (χ3v) is 6.73. The molecule has 6 heteroatoms. The van der Waals surface area contributed by atoms with Crippen molar-refractivity contribution in [2.75, 3.05) is 27.2 Å². The molecule has 1 atom stereocenters. The van der Waals surface area contributed by atoms with Crippen molar-refractivity contribution in [3.8, 4) is 0 Å². The van der Waals surface area contributed by atoms with Gasteiger partial charge in [0, 0.05) is 67.6 Å². The zero-order valence-electron chi connectivity index (χ0n) is 17.9. The van der Waals surface area contributed by atoms with E-state index in [2.05, 4.69) is 68.6 Å². The van der Waals surface area contributed by atoms with Crippen LogP contribution in [0.3, 0.4) is 0 Å². The second kappa shape index (κ2) is 8.36. The van der Waals surface area contributed by atoms with Crippen LogP contribution in [0.2, 0.25) is 0 Å². The molecule has 0 N–H and O–H groups in total. The quantitative estimate of drug-likeness (QED) is 0.549. The minimum absolute atomic E-state index is 0.0373. The summed E-state index contributed by atoms with van der Waals surface area (Å²) in [5.74, 6) is 0.0373. The number of benzene rings is 1. The lowest BCUT2D eigenvalue weighted by atomic mass is 9.97. The van der Waals surface area contributed by atoms with Gasteiger partial charge in [-0.15, -0.1) is 0 Å². The summed E-state index contributed by atoms with van der Waals surface area (Å²) in [7, 11) is 5.65. The summed E-state index contributed by atoms with van der Waals surface area (Å²) >= 11 is 3.64. The molecule has 3 heterocycles. The van der Waals surface area contributed by atoms with Gasteiger partial charge in [0.25, 0.3) is 5.91 Å². The lowest BCUT2D eigenvalue weighted by Crippen LogP contribution is -2.32. The number of aryl methyl sites for hydroxylation is 1. The normalized spacial score (nSPS) is 15.8. The SMILES string of the molecule is CC(c1cc2c(Br)ccnc2n1C)N1CC=C(c2ccc(C(=O)N(C)C)cc2)CC1. The lowest BCUT2D eigenvalue weighted by Gasteiger charge is -2.32. The molecule has 0 bridgehead atoms. The second-order valence-electron chi connectivity index (χ2n) is 8.09. The van der Waals surface area contributed by atoms with E-state index in [9.17, 15) is 4.79 Å². The fraction of sp³-hybridized carbons (Fsp3) is 0.333. The number of amides is 1. The molecular formula is C24H27BrN4O. The number of pyridine rings is 1. The molecule has 4 rings (SSSR count). The number of hydrogen-bond donors (Lipinski definition) is 0. The first-order valence-corrected chi connectivity index (χ1v) is 11.0. The summed E-state index contributed by atoms with van der Waals surface area (Å²) in [5, 5.41) is 1.16. The van der Waals surface area contributed by atoms with Gasteiger partial charge in [-0.05, 0) is 64.7 Å². The highest BCUT2D eigenvalue weighted by Crippen LogP contribution is 2.32. The molecule has 1 aromatic carbocycles. The maximum absolute atomic E-state index is 12.1. The molecule has 0 radical (unpaired) electrons. The molecular weight excluding hydrogens is 440 g/mol. The van der Waals surface area contributed by atoms with Crippen LogP contribution in [-0.2, 0) is 7.05 Å². The first-order valence-electron chi connectivity index (χ1n) is 10.2. The van der Waals surface area contributed by atoms with Crippen molar-refractivity contribution in [2.24, 2.45) is 7.05 Å². The Kier molecular flexibility index (Phi) is 5.80. The molecule has 0 spiro atoms. The van der Waals surface area contributed by atoms with Crippen molar-refractivity contribution in [2.45, 2.75) is 19.4 Å². The number of rotatable bonds is 4. The van der Waals surface area contributed by atoms with Crippen molar-refractivity contribution in [3.05, 3.63) is 70.0 Å². The molecule has 1 unspecified atom stereocenters. The zero-order valence-corrected chi connectivity index (χ0v) is 19.5. The van der Waals surface area contributed by atoms with E-state index in [1.807, 2.05) is 24.4 Å².